The molecule has 8 nitrogen and oxygen atoms in total. The maximum absolute atomic E-state index is 12.8. The van der Waals surface area contributed by atoms with Crippen LogP contribution in [0.5, 0.6) is 0 Å². The van der Waals surface area contributed by atoms with E-state index in [1.807, 2.05) is 37.3 Å². The van der Waals surface area contributed by atoms with Gasteiger partial charge in [-0.3, -0.25) is 9.59 Å². The van der Waals surface area contributed by atoms with Gasteiger partial charge in [0.25, 0.3) is 5.56 Å². The summed E-state index contributed by atoms with van der Waals surface area (Å²) >= 11 is 1.57. The third kappa shape index (κ3) is 5.14. The lowest BCUT2D eigenvalue weighted by Gasteiger charge is -2.34. The number of piperazine rings is 1. The number of rotatable bonds is 6. The van der Waals surface area contributed by atoms with Gasteiger partial charge in [-0.2, -0.15) is 9.40 Å². The van der Waals surface area contributed by atoms with Crippen molar-refractivity contribution in [2.24, 2.45) is 0 Å². The van der Waals surface area contributed by atoms with Gasteiger partial charge in [-0.1, -0.05) is 30.3 Å². The normalized spacial score (nSPS) is 15.1. The molecule has 0 atom stereocenters. The maximum Gasteiger partial charge on any atom is 0.267 e. The zero-order chi connectivity index (χ0) is 22.7. The molecule has 0 radical (unpaired) electrons. The molecular formula is C22H24N4O4S2. The average molecular weight is 473 g/mol. The van der Waals surface area contributed by atoms with Crippen molar-refractivity contribution in [3.63, 3.8) is 0 Å². The van der Waals surface area contributed by atoms with Crippen molar-refractivity contribution in [3.05, 3.63) is 75.4 Å². The molecule has 0 spiro atoms. The van der Waals surface area contributed by atoms with Crippen LogP contribution in [0.1, 0.15) is 10.4 Å². The molecule has 1 aromatic carbocycles. The summed E-state index contributed by atoms with van der Waals surface area (Å²) in [5, 5.41) is 4.35. The topological polar surface area (TPSA) is 92.6 Å². The first-order chi connectivity index (χ1) is 15.3. The molecule has 1 saturated heterocycles. The van der Waals surface area contributed by atoms with Crippen LogP contribution in [-0.2, 0) is 27.1 Å². The first kappa shape index (κ1) is 22.4. The Morgan fingerprint density at radius 3 is 2.38 bits per heavy atom. The number of nitrogens with zero attached hydrogens (tertiary/aromatic N) is 4. The maximum atomic E-state index is 12.8. The fourth-order valence-corrected chi connectivity index (χ4v) is 5.93. The minimum absolute atomic E-state index is 0.0594. The van der Waals surface area contributed by atoms with Gasteiger partial charge in [0.15, 0.2) is 0 Å². The lowest BCUT2D eigenvalue weighted by atomic mass is 10.2. The number of aryl methyl sites for hydroxylation is 1. The van der Waals surface area contributed by atoms with Crippen LogP contribution in [0, 0.1) is 6.92 Å². The minimum atomic E-state index is -3.46. The number of aromatic nitrogens is 2. The Kier molecular flexibility index (Phi) is 6.54. The van der Waals surface area contributed by atoms with Crippen molar-refractivity contribution in [2.75, 3.05) is 26.2 Å². The number of hydrogen-bond acceptors (Lipinski definition) is 6. The highest BCUT2D eigenvalue weighted by Gasteiger charge is 2.29. The molecule has 1 aliphatic rings. The Morgan fingerprint density at radius 1 is 1.00 bits per heavy atom. The standard InChI is InChI=1S/C22H24N4O4S2/c1-17-7-9-20(31-17)19-8-10-21(27)26(23-19)15-22(28)24-11-13-25(14-12-24)32(29,30)16-18-5-3-2-4-6-18/h2-10H,11-16H2,1H3. The summed E-state index contributed by atoms with van der Waals surface area (Å²) in [7, 11) is -3.46. The molecule has 0 unspecified atom stereocenters. The molecule has 0 saturated carbocycles. The van der Waals surface area contributed by atoms with Crippen molar-refractivity contribution in [1.82, 2.24) is 19.0 Å². The fourth-order valence-electron chi connectivity index (χ4n) is 3.59. The van der Waals surface area contributed by atoms with Crippen LogP contribution in [0.4, 0.5) is 0 Å². The molecule has 4 rings (SSSR count). The number of hydrogen-bond donors (Lipinski definition) is 0. The van der Waals surface area contributed by atoms with E-state index in [0.717, 1.165) is 15.3 Å². The summed E-state index contributed by atoms with van der Waals surface area (Å²) < 4.78 is 28.0. The van der Waals surface area contributed by atoms with Gasteiger partial charge >= 0.3 is 0 Å². The van der Waals surface area contributed by atoms with Crippen molar-refractivity contribution >= 4 is 27.3 Å². The Hall–Kier alpha value is -2.82. The van der Waals surface area contributed by atoms with Gasteiger partial charge < -0.3 is 4.90 Å². The molecule has 0 bridgehead atoms. The van der Waals surface area contributed by atoms with Gasteiger partial charge in [0.05, 0.1) is 10.6 Å². The molecule has 2 aromatic heterocycles. The SMILES string of the molecule is Cc1ccc(-c2ccc(=O)n(CC(=O)N3CCN(S(=O)(=O)Cc4ccccc4)CC3)n2)s1. The van der Waals surface area contributed by atoms with Crippen molar-refractivity contribution in [3.8, 4) is 10.6 Å². The number of carbonyl (C=O) groups excluding carboxylic acids is 1. The van der Waals surface area contributed by atoms with Gasteiger partial charge in [-0.15, -0.1) is 11.3 Å². The number of benzene rings is 1. The van der Waals surface area contributed by atoms with Gasteiger partial charge in [-0.05, 0) is 30.7 Å². The number of thiophene rings is 1. The van der Waals surface area contributed by atoms with Gasteiger partial charge in [-0.25, -0.2) is 13.1 Å². The highest BCUT2D eigenvalue weighted by Crippen LogP contribution is 2.25. The monoisotopic (exact) mass is 472 g/mol. The summed E-state index contributed by atoms with van der Waals surface area (Å²) in [4.78, 5) is 28.7. The minimum Gasteiger partial charge on any atom is -0.338 e. The second-order valence-corrected chi connectivity index (χ2v) is 10.9. The Balaban J connectivity index is 1.38. The van der Waals surface area contributed by atoms with E-state index in [9.17, 15) is 18.0 Å². The van der Waals surface area contributed by atoms with E-state index in [1.165, 1.54) is 15.1 Å². The Labute approximate surface area is 190 Å². The zero-order valence-corrected chi connectivity index (χ0v) is 19.3. The van der Waals surface area contributed by atoms with Crippen molar-refractivity contribution in [1.29, 1.82) is 0 Å². The number of amides is 1. The first-order valence-electron chi connectivity index (χ1n) is 10.3. The predicted molar refractivity (Wildman–Crippen MR) is 124 cm³/mol. The smallest absolute Gasteiger partial charge is 0.267 e. The summed E-state index contributed by atoms with van der Waals surface area (Å²) in [6.45, 7) is 2.85. The van der Waals surface area contributed by atoms with Gasteiger partial charge in [0.1, 0.15) is 12.2 Å². The molecule has 168 valence electrons. The lowest BCUT2D eigenvalue weighted by molar-refractivity contribution is -0.133. The van der Waals surface area contributed by atoms with E-state index in [0.29, 0.717) is 5.69 Å². The van der Waals surface area contributed by atoms with Crippen molar-refractivity contribution < 1.29 is 13.2 Å². The van der Waals surface area contributed by atoms with E-state index in [2.05, 4.69) is 5.10 Å². The molecule has 32 heavy (non-hydrogen) atoms. The molecule has 3 heterocycles. The molecule has 1 aliphatic heterocycles. The van der Waals surface area contributed by atoms with E-state index in [4.69, 9.17) is 0 Å². The van der Waals surface area contributed by atoms with Crippen LogP contribution in [0.25, 0.3) is 10.6 Å². The quantitative estimate of drug-likeness (QED) is 0.547. The summed E-state index contributed by atoms with van der Waals surface area (Å²) in [6, 6.07) is 16.0. The molecule has 1 fully saturated rings. The van der Waals surface area contributed by atoms with Crippen LogP contribution < -0.4 is 5.56 Å². The van der Waals surface area contributed by atoms with E-state index in [-0.39, 0.29) is 49.9 Å². The van der Waals surface area contributed by atoms with Crippen molar-refractivity contribution in [2.45, 2.75) is 19.2 Å². The Bertz CT molecular complexity index is 1260. The van der Waals surface area contributed by atoms with Gasteiger partial charge in [0.2, 0.25) is 15.9 Å². The molecular weight excluding hydrogens is 448 g/mol. The summed E-state index contributed by atoms with van der Waals surface area (Å²) in [5.41, 5.74) is 1.03. The lowest BCUT2D eigenvalue weighted by Crippen LogP contribution is -2.51. The van der Waals surface area contributed by atoms with Crippen LogP contribution in [0.15, 0.2) is 59.4 Å². The zero-order valence-electron chi connectivity index (χ0n) is 17.7. The van der Waals surface area contributed by atoms with E-state index >= 15 is 0 Å². The molecule has 0 N–H and O–H groups in total. The van der Waals surface area contributed by atoms with E-state index in [1.54, 1.807) is 34.4 Å². The number of carbonyl (C=O) groups is 1. The van der Waals surface area contributed by atoms with E-state index < -0.39 is 10.0 Å². The molecule has 10 heteroatoms. The second-order valence-electron chi connectivity index (χ2n) is 7.65. The molecule has 3 aromatic rings. The summed E-state index contributed by atoms with van der Waals surface area (Å²) in [5.74, 6) is -0.310. The fraction of sp³-hybridized carbons (Fsp3) is 0.318. The largest absolute Gasteiger partial charge is 0.338 e. The second kappa shape index (κ2) is 9.35. The molecule has 1 amide bonds. The highest BCUT2D eigenvalue weighted by atomic mass is 32.2. The van der Waals surface area contributed by atoms with Crippen LogP contribution in [0.3, 0.4) is 0 Å². The summed E-state index contributed by atoms with van der Waals surface area (Å²) in [6.07, 6.45) is 0. The third-order valence-corrected chi connectivity index (χ3v) is 8.19. The van der Waals surface area contributed by atoms with Crippen LogP contribution >= 0.6 is 11.3 Å². The first-order valence-corrected chi connectivity index (χ1v) is 12.7. The number of sulfonamides is 1. The van der Waals surface area contributed by atoms with Crippen LogP contribution in [-0.4, -0.2) is 59.5 Å². The molecule has 0 aliphatic carbocycles. The highest BCUT2D eigenvalue weighted by molar-refractivity contribution is 7.88. The Morgan fingerprint density at radius 2 is 1.72 bits per heavy atom. The third-order valence-electron chi connectivity index (χ3n) is 5.32. The van der Waals surface area contributed by atoms with Gasteiger partial charge in [0, 0.05) is 37.1 Å². The predicted octanol–water partition coefficient (Wildman–Crippen LogP) is 1.95. The van der Waals surface area contributed by atoms with Crippen LogP contribution in [0.2, 0.25) is 0 Å². The average Bonchev–Trinajstić information content (AvgIpc) is 3.22.